The van der Waals surface area contributed by atoms with Crippen molar-refractivity contribution in [3.63, 3.8) is 0 Å². The molecule has 3 heterocycles. The summed E-state index contributed by atoms with van der Waals surface area (Å²) in [6.45, 7) is 3.56. The van der Waals surface area contributed by atoms with Crippen LogP contribution in [0.1, 0.15) is 15.9 Å². The molecule has 1 aliphatic rings. The Morgan fingerprint density at radius 1 is 1.00 bits per heavy atom. The van der Waals surface area contributed by atoms with Crippen LogP contribution in [0.25, 0.3) is 11.1 Å². The van der Waals surface area contributed by atoms with Crippen LogP contribution < -0.4 is 10.7 Å². The summed E-state index contributed by atoms with van der Waals surface area (Å²) in [5.74, 6) is -0.569. The Morgan fingerprint density at radius 2 is 1.78 bits per heavy atom. The van der Waals surface area contributed by atoms with Crippen LogP contribution in [0.2, 0.25) is 0 Å². The first kappa shape index (κ1) is 20.1. The molecule has 162 valence electrons. The summed E-state index contributed by atoms with van der Waals surface area (Å²) in [6.07, 6.45) is 1.78. The second-order valence-corrected chi connectivity index (χ2v) is 7.72. The number of aromatic nitrogens is 2. The molecular formula is C24H21FN4O3. The van der Waals surface area contributed by atoms with Crippen molar-refractivity contribution >= 4 is 22.7 Å². The molecule has 0 N–H and O–H groups in total. The number of benzene rings is 2. The Kier molecular flexibility index (Phi) is 5.28. The Hall–Kier alpha value is -3.78. The quantitative estimate of drug-likeness (QED) is 0.451. The van der Waals surface area contributed by atoms with Gasteiger partial charge in [-0.2, -0.15) is 0 Å². The minimum Gasteiger partial charge on any atom is -0.408 e. The van der Waals surface area contributed by atoms with Gasteiger partial charge in [-0.1, -0.05) is 18.2 Å². The molecule has 5 rings (SSSR count). The van der Waals surface area contributed by atoms with Crippen molar-refractivity contribution in [3.05, 3.63) is 94.4 Å². The van der Waals surface area contributed by atoms with Gasteiger partial charge in [-0.05, 0) is 42.5 Å². The first-order valence-corrected chi connectivity index (χ1v) is 10.4. The number of nitrogens with zero attached hydrogens (tertiary/aromatic N) is 4. The van der Waals surface area contributed by atoms with E-state index in [0.717, 1.165) is 32.0 Å². The van der Waals surface area contributed by atoms with Crippen LogP contribution in [0.5, 0.6) is 0 Å². The molecule has 2 aromatic carbocycles. The van der Waals surface area contributed by atoms with E-state index in [4.69, 9.17) is 4.42 Å². The van der Waals surface area contributed by atoms with Crippen molar-refractivity contribution in [3.8, 4) is 0 Å². The number of anilines is 1. The van der Waals surface area contributed by atoms with E-state index < -0.39 is 17.4 Å². The van der Waals surface area contributed by atoms with Gasteiger partial charge in [0.2, 0.25) is 0 Å². The predicted octanol–water partition coefficient (Wildman–Crippen LogP) is 3.14. The minimum absolute atomic E-state index is 0.0144. The average Bonchev–Trinajstić information content (AvgIpc) is 3.14. The lowest BCUT2D eigenvalue weighted by Gasteiger charge is -2.35. The van der Waals surface area contributed by atoms with Gasteiger partial charge >= 0.3 is 5.76 Å². The van der Waals surface area contributed by atoms with Gasteiger partial charge in [-0.3, -0.25) is 14.3 Å². The zero-order valence-electron chi connectivity index (χ0n) is 17.3. The van der Waals surface area contributed by atoms with Crippen molar-refractivity contribution in [1.29, 1.82) is 0 Å². The molecule has 0 bridgehead atoms. The number of rotatable bonds is 5. The van der Waals surface area contributed by atoms with Gasteiger partial charge in [0.25, 0.3) is 0 Å². The highest BCUT2D eigenvalue weighted by Gasteiger charge is 2.21. The number of carbonyl (C=O) groups excluding carboxylic acids is 1. The lowest BCUT2D eigenvalue weighted by Crippen LogP contribution is -2.47. The number of fused-ring (bicyclic) bond motifs is 1. The van der Waals surface area contributed by atoms with Crippen LogP contribution in [0.3, 0.4) is 0 Å². The van der Waals surface area contributed by atoms with E-state index in [2.05, 4.69) is 14.8 Å². The summed E-state index contributed by atoms with van der Waals surface area (Å²) in [5.41, 5.74) is 1.17. The molecule has 8 heteroatoms. The second-order valence-electron chi connectivity index (χ2n) is 7.72. The van der Waals surface area contributed by atoms with Gasteiger partial charge in [0.05, 0.1) is 17.7 Å². The van der Waals surface area contributed by atoms with E-state index in [9.17, 15) is 14.0 Å². The fourth-order valence-electron chi connectivity index (χ4n) is 4.00. The SMILES string of the molecule is O=C(c1ccc2c(c1)oc(=O)n2CN1CCN(c2ccccn2)CC1)c1ccccc1F. The van der Waals surface area contributed by atoms with E-state index in [1.807, 2.05) is 18.2 Å². The highest BCUT2D eigenvalue weighted by atomic mass is 19.1. The van der Waals surface area contributed by atoms with Gasteiger partial charge in [0.15, 0.2) is 11.4 Å². The molecule has 1 saturated heterocycles. The highest BCUT2D eigenvalue weighted by molar-refractivity contribution is 6.10. The summed E-state index contributed by atoms with van der Waals surface area (Å²) < 4.78 is 21.0. The Balaban J connectivity index is 1.33. The molecule has 32 heavy (non-hydrogen) atoms. The number of hydrogen-bond acceptors (Lipinski definition) is 6. The Morgan fingerprint density at radius 3 is 2.53 bits per heavy atom. The van der Waals surface area contributed by atoms with Crippen molar-refractivity contribution in [1.82, 2.24) is 14.5 Å². The van der Waals surface area contributed by atoms with Gasteiger partial charge in [0, 0.05) is 37.9 Å². The van der Waals surface area contributed by atoms with Gasteiger partial charge in [-0.25, -0.2) is 14.2 Å². The van der Waals surface area contributed by atoms with Crippen molar-refractivity contribution in [2.45, 2.75) is 6.67 Å². The number of carbonyl (C=O) groups is 1. The molecule has 0 aliphatic carbocycles. The molecule has 0 unspecified atom stereocenters. The maximum Gasteiger partial charge on any atom is 0.421 e. The molecule has 0 amide bonds. The molecule has 2 aromatic heterocycles. The van der Waals surface area contributed by atoms with Crippen molar-refractivity contribution in [2.75, 3.05) is 31.1 Å². The predicted molar refractivity (Wildman–Crippen MR) is 118 cm³/mol. The molecule has 0 radical (unpaired) electrons. The minimum atomic E-state index is -0.582. The summed E-state index contributed by atoms with van der Waals surface area (Å²) in [5, 5.41) is 0. The van der Waals surface area contributed by atoms with Crippen LogP contribution >= 0.6 is 0 Å². The number of hydrogen-bond donors (Lipinski definition) is 0. The largest absolute Gasteiger partial charge is 0.421 e. The topological polar surface area (TPSA) is 71.6 Å². The zero-order valence-corrected chi connectivity index (χ0v) is 17.3. The molecule has 1 aliphatic heterocycles. The van der Waals surface area contributed by atoms with E-state index >= 15 is 0 Å². The van der Waals surface area contributed by atoms with E-state index in [0.29, 0.717) is 17.8 Å². The summed E-state index contributed by atoms with van der Waals surface area (Å²) in [6, 6.07) is 16.5. The van der Waals surface area contributed by atoms with Gasteiger partial charge in [0.1, 0.15) is 11.6 Å². The van der Waals surface area contributed by atoms with Crippen LogP contribution in [0.15, 0.2) is 76.1 Å². The van der Waals surface area contributed by atoms with E-state index in [-0.39, 0.29) is 11.1 Å². The third-order valence-corrected chi connectivity index (χ3v) is 5.74. The summed E-state index contributed by atoms with van der Waals surface area (Å²) >= 11 is 0. The smallest absolute Gasteiger partial charge is 0.408 e. The Bertz CT molecular complexity index is 1320. The second kappa shape index (κ2) is 8.39. The summed E-state index contributed by atoms with van der Waals surface area (Å²) in [7, 11) is 0. The van der Waals surface area contributed by atoms with Crippen LogP contribution in [0.4, 0.5) is 10.2 Å². The van der Waals surface area contributed by atoms with E-state index in [1.54, 1.807) is 29.0 Å². The van der Waals surface area contributed by atoms with Crippen LogP contribution in [-0.4, -0.2) is 46.4 Å². The van der Waals surface area contributed by atoms with Gasteiger partial charge < -0.3 is 9.32 Å². The number of pyridine rings is 1. The van der Waals surface area contributed by atoms with Crippen molar-refractivity contribution < 1.29 is 13.6 Å². The third-order valence-electron chi connectivity index (χ3n) is 5.74. The average molecular weight is 432 g/mol. The fourth-order valence-corrected chi connectivity index (χ4v) is 4.00. The fraction of sp³-hybridized carbons (Fsp3) is 0.208. The number of halogens is 1. The van der Waals surface area contributed by atoms with Crippen molar-refractivity contribution in [2.24, 2.45) is 0 Å². The van der Waals surface area contributed by atoms with Crippen LogP contribution in [-0.2, 0) is 6.67 Å². The molecular weight excluding hydrogens is 411 g/mol. The zero-order chi connectivity index (χ0) is 22.1. The number of piperazine rings is 1. The first-order valence-electron chi connectivity index (χ1n) is 10.4. The lowest BCUT2D eigenvalue weighted by atomic mass is 10.0. The number of oxazole rings is 1. The Labute approximate surface area is 183 Å². The molecule has 7 nitrogen and oxygen atoms in total. The van der Waals surface area contributed by atoms with Gasteiger partial charge in [-0.15, -0.1) is 0 Å². The maximum atomic E-state index is 14.0. The molecule has 1 fully saturated rings. The summed E-state index contributed by atoms with van der Waals surface area (Å²) in [4.78, 5) is 34.0. The number of ketones is 1. The standard InChI is InChI=1S/C24H21FN4O3/c25-19-6-2-1-5-18(19)23(30)17-8-9-20-21(15-17)32-24(31)29(20)16-27-11-13-28(14-12-27)22-7-3-4-10-26-22/h1-10,15H,11-14,16H2. The molecule has 0 spiro atoms. The maximum absolute atomic E-state index is 14.0. The molecule has 0 atom stereocenters. The third kappa shape index (κ3) is 3.80. The first-order chi connectivity index (χ1) is 15.6. The van der Waals surface area contributed by atoms with Crippen LogP contribution in [0, 0.1) is 5.82 Å². The molecule has 0 saturated carbocycles. The van der Waals surface area contributed by atoms with E-state index in [1.165, 1.54) is 24.3 Å². The normalized spacial score (nSPS) is 14.7. The lowest BCUT2D eigenvalue weighted by molar-refractivity contribution is 0.103. The molecule has 4 aromatic rings. The monoisotopic (exact) mass is 432 g/mol. The highest BCUT2D eigenvalue weighted by Crippen LogP contribution is 2.20.